The van der Waals surface area contributed by atoms with Gasteiger partial charge >= 0.3 is 0 Å². The summed E-state index contributed by atoms with van der Waals surface area (Å²) in [6, 6.07) is 69.7. The summed E-state index contributed by atoms with van der Waals surface area (Å²) in [7, 11) is 0. The van der Waals surface area contributed by atoms with Crippen LogP contribution in [0.4, 0.5) is 43.9 Å². The molecule has 0 bridgehead atoms. The molecule has 12 aromatic rings. The summed E-state index contributed by atoms with van der Waals surface area (Å²) < 4.78 is 143. The third-order valence-electron chi connectivity index (χ3n) is 23.2. The zero-order valence-electron chi connectivity index (χ0n) is 65.8. The molecule has 7 nitrogen and oxygen atoms in total. The molecule has 3 unspecified atom stereocenters. The largest absolute Gasteiger partial charge is 0.486 e. The quantitative estimate of drug-likeness (QED) is 0.0556. The highest BCUT2D eigenvalue weighted by molar-refractivity contribution is 5.51. The van der Waals surface area contributed by atoms with Crippen LogP contribution in [0.25, 0.3) is 0 Å². The number of ether oxygens (including phenoxy) is 1. The minimum absolute atomic E-state index is 0.0149. The molecule has 0 saturated carbocycles. The van der Waals surface area contributed by atoms with Crippen LogP contribution in [-0.4, -0.2) is 39.3 Å². The topological polar surface area (TPSA) is 165 Å². The Morgan fingerprint density at radius 1 is 0.239 bits per heavy atom. The first kappa shape index (κ1) is 85.9. The van der Waals surface area contributed by atoms with Crippen molar-refractivity contribution in [3.63, 3.8) is 0 Å². The van der Waals surface area contributed by atoms with E-state index in [9.17, 15) is 43.9 Å². The van der Waals surface area contributed by atoms with Crippen molar-refractivity contribution in [1.29, 1.82) is 0 Å². The van der Waals surface area contributed by atoms with Crippen LogP contribution < -0.4 is 39.1 Å². The molecule has 17 heteroatoms. The van der Waals surface area contributed by atoms with Crippen molar-refractivity contribution in [3.05, 3.63) is 418 Å². The molecule has 0 fully saturated rings. The second kappa shape index (κ2) is 41.6. The summed E-state index contributed by atoms with van der Waals surface area (Å²) in [4.78, 5) is 0. The summed E-state index contributed by atoms with van der Waals surface area (Å²) in [6.07, 6.45) is 11.9. The molecule has 17 rings (SSSR count). The second-order valence-electron chi connectivity index (χ2n) is 30.3. The van der Waals surface area contributed by atoms with Gasteiger partial charge in [-0.25, -0.2) is 43.9 Å². The predicted octanol–water partition coefficient (Wildman–Crippen LogP) is 20.9. The lowest BCUT2D eigenvalue weighted by Gasteiger charge is -2.20. The van der Waals surface area contributed by atoms with Crippen LogP contribution in [0.15, 0.2) is 243 Å². The van der Waals surface area contributed by atoms with Crippen LogP contribution in [0, 0.1) is 58.2 Å². The maximum atomic E-state index is 14.1. The number of rotatable bonds is 15. The standard InChI is InChI=1S/3C17H17F2N.2C17H18FN.C15H15F2NO/c18-16-5-1-3-11-13(9-10-20)12-4-2-6-17(19)15(12)8-7-14(11)16;18-13-5-3-11-1-2-12-4-6-14(19)10-17(12)15(7-8-20)16(11)9-13;18-12-6-4-11-5-7-15-13(2-1-3-17(15)19)14(8-9-20)16(11)10-12;18-17-7-3-6-14-15(10-11-19)13-5-2-1-4-12(13)8-9-16(14)17;18-14-8-7-13-6-5-12-3-1-2-4-15(12)16(9-10-19)17(13)11-14;16-12-4-1-3-11(9-12)15(7-8-18)19-14-6-2-5-13(17)10-14/h1-6,13H,7-10,20H2;3-6,9-10,15H,1-2,7-8,20H2;1-4,6,10,14H,5,7-9,20H2;1-7,15H,8-11,19H2;1-4,7-8,11,16H,5-6,9-10,19H2;1-6,9-10,15H,7-8,18H2/t;;;;;15-/m.....0/s1. The van der Waals surface area contributed by atoms with Gasteiger partial charge in [-0.05, 0) is 349 Å². The predicted molar refractivity (Wildman–Crippen MR) is 449 cm³/mol. The fraction of sp³-hybridized carbons (Fsp3) is 0.280. The van der Waals surface area contributed by atoms with E-state index in [0.29, 0.717) is 107 Å². The van der Waals surface area contributed by atoms with Crippen LogP contribution >= 0.6 is 0 Å². The maximum Gasteiger partial charge on any atom is 0.126 e. The molecule has 0 saturated heterocycles. The third-order valence-corrected chi connectivity index (χ3v) is 23.2. The summed E-state index contributed by atoms with van der Waals surface area (Å²) in [5.41, 5.74) is 55.9. The van der Waals surface area contributed by atoms with Crippen molar-refractivity contribution in [3.8, 4) is 5.75 Å². The molecule has 0 aromatic heterocycles. The van der Waals surface area contributed by atoms with E-state index in [4.69, 9.17) is 39.1 Å². The van der Waals surface area contributed by atoms with E-state index in [-0.39, 0.29) is 93.9 Å². The molecule has 0 aliphatic heterocycles. The zero-order chi connectivity index (χ0) is 82.5. The average molecular weight is 1590 g/mol. The van der Waals surface area contributed by atoms with E-state index >= 15 is 0 Å². The summed E-state index contributed by atoms with van der Waals surface area (Å²) in [5, 5.41) is 0. The van der Waals surface area contributed by atoms with Gasteiger partial charge in [-0.1, -0.05) is 140 Å². The van der Waals surface area contributed by atoms with Gasteiger partial charge in [0.05, 0.1) is 0 Å². The summed E-state index contributed by atoms with van der Waals surface area (Å²) >= 11 is 0. The molecule has 12 N–H and O–H groups in total. The van der Waals surface area contributed by atoms with Gasteiger partial charge in [-0.15, -0.1) is 0 Å². The molecule has 5 aliphatic rings. The highest BCUT2D eigenvalue weighted by atomic mass is 19.2. The number of aryl methyl sites for hydroxylation is 6. The Morgan fingerprint density at radius 3 is 0.846 bits per heavy atom. The Kier molecular flexibility index (Phi) is 30.5. The van der Waals surface area contributed by atoms with Gasteiger partial charge in [0, 0.05) is 42.1 Å². The van der Waals surface area contributed by atoms with Crippen LogP contribution in [0.1, 0.15) is 191 Å². The Hall–Kier alpha value is -10.5. The Balaban J connectivity index is 0.000000129. The molecular weight excluding hydrogens is 1490 g/mol. The van der Waals surface area contributed by atoms with E-state index in [1.807, 2.05) is 48.5 Å². The number of nitrogens with two attached hydrogens (primary N) is 6. The van der Waals surface area contributed by atoms with Crippen molar-refractivity contribution < 1.29 is 48.6 Å². The van der Waals surface area contributed by atoms with Crippen molar-refractivity contribution in [2.75, 3.05) is 39.3 Å². The second-order valence-corrected chi connectivity index (χ2v) is 30.3. The maximum absolute atomic E-state index is 14.1. The van der Waals surface area contributed by atoms with E-state index in [0.717, 1.165) is 130 Å². The first-order valence-electron chi connectivity index (χ1n) is 40.7. The molecule has 5 aliphatic carbocycles. The summed E-state index contributed by atoms with van der Waals surface area (Å²) in [6.45, 7) is 3.13. The molecule has 117 heavy (non-hydrogen) atoms. The lowest BCUT2D eigenvalue weighted by Crippen LogP contribution is -2.13. The fourth-order valence-electron chi connectivity index (χ4n) is 17.7. The van der Waals surface area contributed by atoms with E-state index in [2.05, 4.69) is 54.6 Å². The molecule has 0 spiro atoms. The van der Waals surface area contributed by atoms with Crippen molar-refractivity contribution in [2.45, 2.75) is 138 Å². The van der Waals surface area contributed by atoms with Gasteiger partial charge in [0.15, 0.2) is 0 Å². The van der Waals surface area contributed by atoms with Crippen molar-refractivity contribution in [1.82, 2.24) is 0 Å². The smallest absolute Gasteiger partial charge is 0.126 e. The minimum atomic E-state index is -0.387. The first-order valence-corrected chi connectivity index (χ1v) is 40.7. The monoisotopic (exact) mass is 1590 g/mol. The van der Waals surface area contributed by atoms with Gasteiger partial charge in [0.1, 0.15) is 70.0 Å². The number of halogens is 10. The number of benzene rings is 12. The molecule has 0 radical (unpaired) electrons. The lowest BCUT2D eigenvalue weighted by atomic mass is 9.85. The van der Waals surface area contributed by atoms with Crippen LogP contribution in [0.3, 0.4) is 0 Å². The van der Waals surface area contributed by atoms with Crippen LogP contribution in [0.5, 0.6) is 5.75 Å². The Labute approximate surface area is 680 Å². The van der Waals surface area contributed by atoms with E-state index in [1.54, 1.807) is 78.9 Å². The number of hydrogen-bond acceptors (Lipinski definition) is 7. The van der Waals surface area contributed by atoms with Gasteiger partial charge < -0.3 is 39.1 Å². The lowest BCUT2D eigenvalue weighted by molar-refractivity contribution is 0.196. The zero-order valence-corrected chi connectivity index (χ0v) is 65.8. The molecular formula is C100H102F10N6O. The SMILES string of the molecule is NCCC1c2cc(F)ccc2CCc2c(F)cccc21.NCCC1c2cc(F)ccc2CCc2ccc(F)cc21.NCCC1c2cccc(F)c2CCc2c(F)cccc21.NCCC1c2ccccc2CCc2c(F)cccc21.NCCC1c2ccccc2CCc2ccc(F)cc21.NCC[C@H](Oc1cccc(F)c1)c1cccc(F)c1. The minimum Gasteiger partial charge on any atom is -0.486 e. The van der Waals surface area contributed by atoms with Crippen molar-refractivity contribution in [2.24, 2.45) is 34.4 Å². The van der Waals surface area contributed by atoms with Gasteiger partial charge in [-0.3, -0.25) is 0 Å². The fourth-order valence-corrected chi connectivity index (χ4v) is 17.7. The van der Waals surface area contributed by atoms with Crippen LogP contribution in [-0.2, 0) is 64.2 Å². The highest BCUT2D eigenvalue weighted by Crippen LogP contribution is 2.43. The van der Waals surface area contributed by atoms with E-state index < -0.39 is 0 Å². The average Bonchev–Trinajstić information content (AvgIpc) is 1.73. The molecule has 12 aromatic carbocycles. The molecule has 0 amide bonds. The third kappa shape index (κ3) is 21.3. The molecule has 0 heterocycles. The summed E-state index contributed by atoms with van der Waals surface area (Å²) in [5.74, 6) is -1.41. The Bertz CT molecular complexity index is 5150. The number of hydrogen-bond donors (Lipinski definition) is 6. The van der Waals surface area contributed by atoms with E-state index in [1.165, 1.54) is 88.5 Å². The highest BCUT2D eigenvalue weighted by Gasteiger charge is 2.31. The van der Waals surface area contributed by atoms with Gasteiger partial charge in [0.2, 0.25) is 0 Å². The van der Waals surface area contributed by atoms with Gasteiger partial charge in [-0.2, -0.15) is 0 Å². The van der Waals surface area contributed by atoms with Crippen LogP contribution in [0.2, 0.25) is 0 Å². The van der Waals surface area contributed by atoms with Crippen molar-refractivity contribution >= 4 is 0 Å². The Morgan fingerprint density at radius 2 is 0.504 bits per heavy atom. The molecule has 4 atom stereocenters. The number of fused-ring (bicyclic) bond motifs is 10. The normalized spacial score (nSPS) is 15.6. The van der Waals surface area contributed by atoms with Gasteiger partial charge in [0.25, 0.3) is 0 Å². The molecule has 608 valence electrons. The first-order chi connectivity index (χ1) is 56.9.